The van der Waals surface area contributed by atoms with Crippen molar-refractivity contribution in [1.29, 1.82) is 0 Å². The van der Waals surface area contributed by atoms with Crippen molar-refractivity contribution in [3.05, 3.63) is 81.3 Å². The van der Waals surface area contributed by atoms with Gasteiger partial charge in [-0.05, 0) is 54.3 Å². The van der Waals surface area contributed by atoms with Crippen molar-refractivity contribution < 1.29 is 30.5 Å². The van der Waals surface area contributed by atoms with Gasteiger partial charge in [0.15, 0.2) is 6.54 Å². The van der Waals surface area contributed by atoms with Crippen LogP contribution in [0.5, 0.6) is 0 Å². The van der Waals surface area contributed by atoms with Crippen LogP contribution in [-0.2, 0) is 26.8 Å². The number of fused-ring (bicyclic) bond motifs is 4. The molecule has 5 rings (SSSR count). The maximum atomic E-state index is 11.4. The van der Waals surface area contributed by atoms with E-state index in [1.54, 1.807) is 28.4 Å². The zero-order valence-corrected chi connectivity index (χ0v) is 25.3. The molecule has 8 nitrogen and oxygen atoms in total. The van der Waals surface area contributed by atoms with Gasteiger partial charge in [-0.3, -0.25) is 4.55 Å². The van der Waals surface area contributed by atoms with Crippen LogP contribution in [0.2, 0.25) is 5.02 Å². The summed E-state index contributed by atoms with van der Waals surface area (Å²) < 4.78 is 69.4. The Morgan fingerprint density at radius 2 is 1.88 bits per heavy atom. The first-order valence-corrected chi connectivity index (χ1v) is 17.5. The Morgan fingerprint density at radius 1 is 1.10 bits per heavy atom. The molecule has 0 amide bonds. The zero-order chi connectivity index (χ0) is 28.7. The largest absolute Gasteiger partial charge is 0.748 e. The summed E-state index contributed by atoms with van der Waals surface area (Å²) in [6.45, 7) is 2.31. The summed E-state index contributed by atoms with van der Waals surface area (Å²) in [7, 11) is -8.51. The number of aromatic nitrogens is 1. The Hall–Kier alpha value is -2.45. The van der Waals surface area contributed by atoms with Gasteiger partial charge in [-0.1, -0.05) is 59.0 Å². The lowest BCUT2D eigenvalue weighted by Crippen LogP contribution is -2.36. The topological polar surface area (TPSA) is 119 Å². The van der Waals surface area contributed by atoms with Gasteiger partial charge in [0, 0.05) is 29.0 Å². The molecular formula is C27H25ClN2O6S4. The molecule has 0 saturated carbocycles. The number of hydrogen-bond donors (Lipinski definition) is 1. The Balaban J connectivity index is 1.56. The van der Waals surface area contributed by atoms with Gasteiger partial charge >= 0.3 is 0 Å². The molecule has 210 valence electrons. The summed E-state index contributed by atoms with van der Waals surface area (Å²) in [6.07, 6.45) is 4.17. The average molecular weight is 637 g/mol. The minimum atomic E-state index is -4.42. The van der Waals surface area contributed by atoms with Crippen LogP contribution in [0.3, 0.4) is 0 Å². The van der Waals surface area contributed by atoms with E-state index in [2.05, 4.69) is 10.6 Å². The number of hydrogen-bond acceptors (Lipinski definition) is 8. The number of anilines is 1. The van der Waals surface area contributed by atoms with Crippen molar-refractivity contribution in [2.45, 2.75) is 24.8 Å². The Labute approximate surface area is 246 Å². The van der Waals surface area contributed by atoms with E-state index < -0.39 is 26.0 Å². The first-order chi connectivity index (χ1) is 18.9. The number of allylic oxidation sites excluding steroid dienone is 2. The number of nitrogens with zero attached hydrogens (tertiary/aromatic N) is 2. The quantitative estimate of drug-likeness (QED) is 0.184. The normalized spacial score (nSPS) is 15.4. The minimum Gasteiger partial charge on any atom is -0.748 e. The van der Waals surface area contributed by atoms with E-state index in [1.807, 2.05) is 55.5 Å². The second-order valence-corrected chi connectivity index (χ2v) is 15.0. The van der Waals surface area contributed by atoms with Crippen LogP contribution in [0, 0.1) is 0 Å². The Morgan fingerprint density at radius 3 is 2.62 bits per heavy atom. The van der Waals surface area contributed by atoms with Crippen molar-refractivity contribution in [3.63, 3.8) is 0 Å². The fourth-order valence-electron chi connectivity index (χ4n) is 4.65. The molecule has 4 aromatic rings. The lowest BCUT2D eigenvalue weighted by molar-refractivity contribution is -0.667. The summed E-state index contributed by atoms with van der Waals surface area (Å²) in [5.41, 5.74) is 2.61. The number of aryl methyl sites for hydroxylation is 1. The molecule has 1 aliphatic rings. The standard InChI is InChI=1S/C27H25ClN2O6S4/c1-18(15-25-29(12-14-40(34,35)36)22-17-20(28)8-10-23(22)37-25)16-26-30(11-4-13-39(31,32)33)27-21-6-3-2-5-19(21)7-9-24(27)38-26/h2-3,5-10,15-17H,4,11-14H2,1H3,(H-,31,32,33,34,35,36). The number of rotatable bonds is 9. The van der Waals surface area contributed by atoms with Gasteiger partial charge < -0.3 is 9.45 Å². The van der Waals surface area contributed by atoms with Crippen molar-refractivity contribution >= 4 is 87.7 Å². The molecule has 0 fully saturated rings. The van der Waals surface area contributed by atoms with E-state index in [4.69, 9.17) is 11.6 Å². The second-order valence-electron chi connectivity index (χ2n) is 9.36. The van der Waals surface area contributed by atoms with Crippen molar-refractivity contribution in [1.82, 2.24) is 0 Å². The molecule has 13 heteroatoms. The Bertz CT molecular complexity index is 1900. The van der Waals surface area contributed by atoms with E-state index in [0.29, 0.717) is 11.6 Å². The highest BCUT2D eigenvalue weighted by atomic mass is 35.5. The van der Waals surface area contributed by atoms with E-state index in [0.717, 1.165) is 47.2 Å². The maximum Gasteiger partial charge on any atom is 0.265 e. The zero-order valence-electron chi connectivity index (χ0n) is 21.3. The molecular weight excluding hydrogens is 612 g/mol. The molecule has 0 aliphatic carbocycles. The molecule has 0 saturated heterocycles. The third kappa shape index (κ3) is 6.71. The molecule has 3 aromatic carbocycles. The maximum absolute atomic E-state index is 11.4. The van der Waals surface area contributed by atoms with E-state index in [1.165, 1.54) is 11.8 Å². The van der Waals surface area contributed by atoms with Crippen LogP contribution in [0.4, 0.5) is 5.69 Å². The van der Waals surface area contributed by atoms with Gasteiger partial charge in [-0.2, -0.15) is 13.0 Å². The summed E-state index contributed by atoms with van der Waals surface area (Å²) in [4.78, 5) is 2.69. The van der Waals surface area contributed by atoms with Gasteiger partial charge in [0.05, 0.1) is 37.7 Å². The molecule has 0 radical (unpaired) electrons. The highest BCUT2D eigenvalue weighted by molar-refractivity contribution is 8.03. The molecule has 0 spiro atoms. The predicted octanol–water partition coefficient (Wildman–Crippen LogP) is 5.68. The number of thiazole rings is 1. The average Bonchev–Trinajstić information content (AvgIpc) is 3.38. The van der Waals surface area contributed by atoms with Gasteiger partial charge in [-0.25, -0.2) is 8.42 Å². The van der Waals surface area contributed by atoms with Gasteiger partial charge in [0.1, 0.15) is 4.70 Å². The lowest BCUT2D eigenvalue weighted by Gasteiger charge is -2.21. The fourth-order valence-corrected chi connectivity index (χ4v) is 8.12. The van der Waals surface area contributed by atoms with Crippen LogP contribution in [0.15, 0.2) is 76.2 Å². The lowest BCUT2D eigenvalue weighted by atomic mass is 10.1. The van der Waals surface area contributed by atoms with Crippen LogP contribution in [-0.4, -0.2) is 44.0 Å². The fraction of sp³-hybridized carbons (Fsp3) is 0.222. The van der Waals surface area contributed by atoms with Gasteiger partial charge in [0.2, 0.25) is 5.52 Å². The molecule has 0 atom stereocenters. The molecule has 1 N–H and O–H groups in total. The van der Waals surface area contributed by atoms with Crippen LogP contribution >= 0.6 is 34.7 Å². The Kier molecular flexibility index (Phi) is 8.31. The summed E-state index contributed by atoms with van der Waals surface area (Å²) in [6, 6.07) is 17.5. The first kappa shape index (κ1) is 29.1. The molecule has 0 bridgehead atoms. The highest BCUT2D eigenvalue weighted by Gasteiger charge is 2.27. The molecule has 0 unspecified atom stereocenters. The van der Waals surface area contributed by atoms with Crippen molar-refractivity contribution in [2.75, 3.05) is 23.0 Å². The number of thioether (sulfide) groups is 1. The van der Waals surface area contributed by atoms with Gasteiger partial charge in [0.25, 0.3) is 15.1 Å². The highest BCUT2D eigenvalue weighted by Crippen LogP contribution is 2.47. The molecule has 40 heavy (non-hydrogen) atoms. The summed E-state index contributed by atoms with van der Waals surface area (Å²) in [5.74, 6) is -0.889. The van der Waals surface area contributed by atoms with E-state index in [-0.39, 0.29) is 18.7 Å². The first-order valence-electron chi connectivity index (χ1n) is 12.3. The smallest absolute Gasteiger partial charge is 0.265 e. The summed E-state index contributed by atoms with van der Waals surface area (Å²) >= 11 is 9.24. The second kappa shape index (κ2) is 11.4. The van der Waals surface area contributed by atoms with Crippen molar-refractivity contribution in [3.8, 4) is 0 Å². The molecule has 1 aromatic heterocycles. The number of halogens is 1. The van der Waals surface area contributed by atoms with Crippen LogP contribution < -0.4 is 9.47 Å². The van der Waals surface area contributed by atoms with E-state index >= 15 is 0 Å². The summed E-state index contributed by atoms with van der Waals surface area (Å²) in [5, 5.41) is 4.27. The molecule has 2 heterocycles. The van der Waals surface area contributed by atoms with Crippen LogP contribution in [0.1, 0.15) is 18.4 Å². The van der Waals surface area contributed by atoms with Gasteiger partial charge in [-0.15, -0.1) is 0 Å². The third-order valence-corrected chi connectivity index (χ3v) is 10.3. The van der Waals surface area contributed by atoms with Crippen LogP contribution in [0.25, 0.3) is 27.1 Å². The SMILES string of the molecule is CC(=Cc1sc2ccc3ccccc3c2[n+]1CCCS(=O)(=O)O)C=C1Sc2ccc(Cl)cc2N1CCS(=O)(=O)[O-]. The monoisotopic (exact) mass is 636 g/mol. The third-order valence-electron chi connectivity index (χ3n) is 6.36. The predicted molar refractivity (Wildman–Crippen MR) is 162 cm³/mol. The van der Waals surface area contributed by atoms with E-state index in [9.17, 15) is 25.9 Å². The van der Waals surface area contributed by atoms with Crippen molar-refractivity contribution in [2.24, 2.45) is 0 Å². The minimum absolute atomic E-state index is 0.00417. The number of benzene rings is 3. The molecule has 1 aliphatic heterocycles.